The summed E-state index contributed by atoms with van der Waals surface area (Å²) in [7, 11) is -3.10. The minimum absolute atomic E-state index is 0.0594. The molecule has 3 fully saturated rings. The van der Waals surface area contributed by atoms with Crippen LogP contribution in [0.25, 0.3) is 0 Å². The van der Waals surface area contributed by atoms with Crippen LogP contribution >= 0.6 is 0 Å². The molecule has 1 aromatic carbocycles. The lowest BCUT2D eigenvalue weighted by molar-refractivity contribution is 0.0687. The SMILES string of the molecule is Cc1ccccc1C(=O)N1CCC2(CC(NS(=O)(=O)C3CC3)C2)C1. The van der Waals surface area contributed by atoms with Gasteiger partial charge in [0.2, 0.25) is 10.0 Å². The molecule has 0 atom stereocenters. The number of likely N-dealkylation sites (tertiary alicyclic amines) is 1. The van der Waals surface area contributed by atoms with Crippen molar-refractivity contribution >= 4 is 15.9 Å². The Hall–Kier alpha value is -1.40. The lowest BCUT2D eigenvalue weighted by Gasteiger charge is -2.45. The van der Waals surface area contributed by atoms with E-state index in [1.807, 2.05) is 36.1 Å². The number of aryl methyl sites for hydroxylation is 1. The van der Waals surface area contributed by atoms with Gasteiger partial charge < -0.3 is 4.90 Å². The maximum atomic E-state index is 12.7. The zero-order valence-corrected chi connectivity index (χ0v) is 14.8. The van der Waals surface area contributed by atoms with Gasteiger partial charge in [-0.15, -0.1) is 0 Å². The van der Waals surface area contributed by atoms with E-state index in [-0.39, 0.29) is 22.6 Å². The van der Waals surface area contributed by atoms with Crippen LogP contribution in [0.4, 0.5) is 0 Å². The van der Waals surface area contributed by atoms with Crippen molar-refractivity contribution in [3.8, 4) is 0 Å². The highest BCUT2D eigenvalue weighted by Gasteiger charge is 2.51. The number of hydrogen-bond acceptors (Lipinski definition) is 3. The van der Waals surface area contributed by atoms with E-state index in [0.717, 1.165) is 56.3 Å². The van der Waals surface area contributed by atoms with Gasteiger partial charge in [-0.1, -0.05) is 18.2 Å². The van der Waals surface area contributed by atoms with Crippen molar-refractivity contribution < 1.29 is 13.2 Å². The van der Waals surface area contributed by atoms with E-state index in [2.05, 4.69) is 4.72 Å². The van der Waals surface area contributed by atoms with Gasteiger partial charge in [0.1, 0.15) is 0 Å². The highest BCUT2D eigenvalue weighted by atomic mass is 32.2. The lowest BCUT2D eigenvalue weighted by atomic mass is 9.65. The Labute approximate surface area is 143 Å². The van der Waals surface area contributed by atoms with Crippen LogP contribution in [0.2, 0.25) is 0 Å². The van der Waals surface area contributed by atoms with Crippen molar-refractivity contribution in [1.82, 2.24) is 9.62 Å². The third kappa shape index (κ3) is 2.86. The molecule has 1 aromatic rings. The number of benzene rings is 1. The summed E-state index contributed by atoms with van der Waals surface area (Å²) in [5.41, 5.74) is 1.90. The van der Waals surface area contributed by atoms with E-state index in [1.165, 1.54) is 0 Å². The number of hydrogen-bond donors (Lipinski definition) is 1. The molecule has 1 N–H and O–H groups in total. The van der Waals surface area contributed by atoms with Crippen LogP contribution in [0, 0.1) is 12.3 Å². The number of sulfonamides is 1. The van der Waals surface area contributed by atoms with Crippen LogP contribution in [0.15, 0.2) is 24.3 Å². The standard InChI is InChI=1S/C18H24N2O3S/c1-13-4-2-3-5-16(13)17(21)20-9-8-18(12-20)10-14(11-18)19-24(22,23)15-6-7-15/h2-5,14-15,19H,6-12H2,1H3. The first-order chi connectivity index (χ1) is 11.4. The highest BCUT2D eigenvalue weighted by Crippen LogP contribution is 2.49. The minimum atomic E-state index is -3.10. The highest BCUT2D eigenvalue weighted by molar-refractivity contribution is 7.90. The molecule has 0 unspecified atom stereocenters. The fraction of sp³-hybridized carbons (Fsp3) is 0.611. The van der Waals surface area contributed by atoms with E-state index in [4.69, 9.17) is 0 Å². The topological polar surface area (TPSA) is 66.5 Å². The largest absolute Gasteiger partial charge is 0.338 e. The average Bonchev–Trinajstić information content (AvgIpc) is 3.28. The van der Waals surface area contributed by atoms with Gasteiger partial charge in [0, 0.05) is 24.7 Å². The van der Waals surface area contributed by atoms with Crippen molar-refractivity contribution in [2.45, 2.75) is 50.3 Å². The van der Waals surface area contributed by atoms with Crippen LogP contribution in [0.5, 0.6) is 0 Å². The smallest absolute Gasteiger partial charge is 0.254 e. The molecule has 1 aliphatic heterocycles. The van der Waals surface area contributed by atoms with Gasteiger partial charge in [-0.05, 0) is 56.1 Å². The molecule has 2 saturated carbocycles. The van der Waals surface area contributed by atoms with Crippen LogP contribution in [0.1, 0.15) is 48.0 Å². The number of nitrogens with zero attached hydrogens (tertiary/aromatic N) is 1. The van der Waals surface area contributed by atoms with Crippen molar-refractivity contribution in [2.24, 2.45) is 5.41 Å². The first-order valence-electron chi connectivity index (χ1n) is 8.75. The molecule has 2 aliphatic carbocycles. The number of nitrogens with one attached hydrogen (secondary N) is 1. The lowest BCUT2D eigenvalue weighted by Crippen LogP contribution is -2.52. The molecule has 3 aliphatic rings. The Bertz CT molecular complexity index is 764. The summed E-state index contributed by atoms with van der Waals surface area (Å²) in [5.74, 6) is 0.104. The maximum absolute atomic E-state index is 12.7. The zero-order chi connectivity index (χ0) is 16.9. The van der Waals surface area contributed by atoms with E-state index in [0.29, 0.717) is 0 Å². The Morgan fingerprint density at radius 2 is 1.96 bits per heavy atom. The maximum Gasteiger partial charge on any atom is 0.254 e. The van der Waals surface area contributed by atoms with Gasteiger partial charge in [-0.2, -0.15) is 0 Å². The molecule has 1 spiro atoms. The summed E-state index contributed by atoms with van der Waals surface area (Å²) in [6.07, 6.45) is 4.29. The van der Waals surface area contributed by atoms with Crippen molar-refractivity contribution in [3.05, 3.63) is 35.4 Å². The second-order valence-electron chi connectivity index (χ2n) is 7.76. The molecule has 5 nitrogen and oxygen atoms in total. The van der Waals surface area contributed by atoms with Gasteiger partial charge in [0.25, 0.3) is 5.91 Å². The Morgan fingerprint density at radius 3 is 2.62 bits per heavy atom. The number of amides is 1. The molecule has 4 rings (SSSR count). The summed E-state index contributed by atoms with van der Waals surface area (Å²) in [6, 6.07) is 7.75. The number of carbonyl (C=O) groups excluding carboxylic acids is 1. The average molecular weight is 348 g/mol. The third-order valence-corrected chi connectivity index (χ3v) is 7.76. The summed E-state index contributed by atoms with van der Waals surface area (Å²) in [5, 5.41) is -0.156. The zero-order valence-electron chi connectivity index (χ0n) is 14.0. The molecule has 1 saturated heterocycles. The molecule has 0 bridgehead atoms. The molecule has 1 heterocycles. The Morgan fingerprint density at radius 1 is 1.25 bits per heavy atom. The molecule has 130 valence electrons. The first kappa shape index (κ1) is 16.1. The summed E-state index contributed by atoms with van der Waals surface area (Å²) in [6.45, 7) is 3.49. The van der Waals surface area contributed by atoms with E-state index in [9.17, 15) is 13.2 Å². The molecule has 1 amide bonds. The van der Waals surface area contributed by atoms with E-state index < -0.39 is 10.0 Å². The van der Waals surface area contributed by atoms with Gasteiger partial charge in [0.05, 0.1) is 5.25 Å². The second kappa shape index (κ2) is 5.56. The van der Waals surface area contributed by atoms with E-state index in [1.54, 1.807) is 0 Å². The summed E-state index contributed by atoms with van der Waals surface area (Å²) >= 11 is 0. The van der Waals surface area contributed by atoms with Crippen LogP contribution in [-0.2, 0) is 10.0 Å². The fourth-order valence-corrected chi connectivity index (χ4v) is 5.78. The molecular weight excluding hydrogens is 324 g/mol. The van der Waals surface area contributed by atoms with Crippen molar-refractivity contribution in [2.75, 3.05) is 13.1 Å². The molecule has 24 heavy (non-hydrogen) atoms. The third-order valence-electron chi connectivity index (χ3n) is 5.75. The quantitative estimate of drug-likeness (QED) is 0.906. The second-order valence-corrected chi connectivity index (χ2v) is 9.75. The predicted molar refractivity (Wildman–Crippen MR) is 92.2 cm³/mol. The van der Waals surface area contributed by atoms with Crippen LogP contribution in [0.3, 0.4) is 0 Å². The fourth-order valence-electron chi connectivity index (χ4n) is 4.20. The number of carbonyl (C=O) groups is 1. The Balaban J connectivity index is 1.36. The van der Waals surface area contributed by atoms with Gasteiger partial charge in [0.15, 0.2) is 0 Å². The van der Waals surface area contributed by atoms with Crippen molar-refractivity contribution in [1.29, 1.82) is 0 Å². The molecule has 6 heteroatoms. The summed E-state index contributed by atoms with van der Waals surface area (Å²) in [4.78, 5) is 14.7. The van der Waals surface area contributed by atoms with Gasteiger partial charge in [-0.25, -0.2) is 13.1 Å². The molecule has 0 radical (unpaired) electrons. The van der Waals surface area contributed by atoms with Gasteiger partial charge in [-0.3, -0.25) is 4.79 Å². The monoisotopic (exact) mass is 348 g/mol. The predicted octanol–water partition coefficient (Wildman–Crippen LogP) is 2.07. The van der Waals surface area contributed by atoms with Crippen LogP contribution in [-0.4, -0.2) is 43.6 Å². The Kier molecular flexibility index (Phi) is 3.73. The normalized spacial score (nSPS) is 29.7. The minimum Gasteiger partial charge on any atom is -0.338 e. The first-order valence-corrected chi connectivity index (χ1v) is 10.3. The van der Waals surface area contributed by atoms with Crippen LogP contribution < -0.4 is 4.72 Å². The van der Waals surface area contributed by atoms with Crippen molar-refractivity contribution in [3.63, 3.8) is 0 Å². The molecule has 0 aromatic heterocycles. The number of rotatable bonds is 4. The molecular formula is C18H24N2O3S. The summed E-state index contributed by atoms with van der Waals surface area (Å²) < 4.78 is 26.9. The van der Waals surface area contributed by atoms with Gasteiger partial charge >= 0.3 is 0 Å². The van der Waals surface area contributed by atoms with E-state index >= 15 is 0 Å².